The second-order valence-electron chi connectivity index (χ2n) is 6.84. The van der Waals surface area contributed by atoms with Crippen molar-refractivity contribution in [2.45, 2.75) is 38.6 Å². The van der Waals surface area contributed by atoms with Gasteiger partial charge in [-0.15, -0.1) is 11.3 Å². The summed E-state index contributed by atoms with van der Waals surface area (Å²) in [6, 6.07) is 0.745. The van der Waals surface area contributed by atoms with Gasteiger partial charge in [-0.2, -0.15) is 5.26 Å². The van der Waals surface area contributed by atoms with Crippen LogP contribution in [0.4, 0.5) is 0 Å². The van der Waals surface area contributed by atoms with Gasteiger partial charge in [0.15, 0.2) is 18.3 Å². The predicted octanol–water partition coefficient (Wildman–Crippen LogP) is 1.51. The van der Waals surface area contributed by atoms with E-state index in [1.807, 2.05) is 18.2 Å². The minimum absolute atomic E-state index is 0.343. The summed E-state index contributed by atoms with van der Waals surface area (Å²) in [5.41, 5.74) is 0.695. The Morgan fingerprint density at radius 1 is 1.32 bits per heavy atom. The zero-order valence-electron chi connectivity index (χ0n) is 15.5. The molecule has 1 aromatic rings. The monoisotopic (exact) mass is 401 g/mol. The van der Waals surface area contributed by atoms with Crippen molar-refractivity contribution in [1.29, 1.82) is 5.26 Å². The number of fused-ring (bicyclic) bond motifs is 1. The van der Waals surface area contributed by atoms with Gasteiger partial charge in [0.25, 0.3) is 0 Å². The van der Waals surface area contributed by atoms with Crippen molar-refractivity contribution < 1.29 is 23.9 Å². The maximum absolute atomic E-state index is 12.5. The fraction of sp³-hybridized carbons (Fsp3) is 0.474. The average Bonchev–Trinajstić information content (AvgIpc) is 3.22. The summed E-state index contributed by atoms with van der Waals surface area (Å²) in [6.07, 6.45) is 4.67. The van der Waals surface area contributed by atoms with Crippen LogP contribution >= 0.6 is 11.3 Å². The van der Waals surface area contributed by atoms with Crippen LogP contribution in [0.1, 0.15) is 36.4 Å². The van der Waals surface area contributed by atoms with E-state index < -0.39 is 42.2 Å². The number of rotatable bonds is 6. The largest absolute Gasteiger partial charge is 0.456 e. The highest BCUT2D eigenvalue weighted by molar-refractivity contribution is 7.09. The van der Waals surface area contributed by atoms with Crippen LogP contribution in [0.2, 0.25) is 0 Å². The van der Waals surface area contributed by atoms with Crippen LogP contribution in [-0.2, 0) is 23.9 Å². The number of ether oxygens (including phenoxy) is 1. The molecule has 1 aliphatic carbocycles. The van der Waals surface area contributed by atoms with Gasteiger partial charge in [0.05, 0.1) is 17.9 Å². The topological polar surface area (TPSA) is 117 Å². The summed E-state index contributed by atoms with van der Waals surface area (Å²) in [7, 11) is 0. The van der Waals surface area contributed by atoms with Crippen molar-refractivity contribution in [3.8, 4) is 6.07 Å². The van der Waals surface area contributed by atoms with E-state index in [4.69, 9.17) is 4.74 Å². The Bertz CT molecular complexity index is 874. The third kappa shape index (κ3) is 3.60. The molecular weight excluding hydrogens is 382 g/mol. The molecule has 0 unspecified atom stereocenters. The summed E-state index contributed by atoms with van der Waals surface area (Å²) in [5.74, 6) is -4.23. The lowest BCUT2D eigenvalue weighted by Crippen LogP contribution is -2.44. The lowest BCUT2D eigenvalue weighted by Gasteiger charge is -2.21. The van der Waals surface area contributed by atoms with Crippen molar-refractivity contribution in [3.05, 3.63) is 28.2 Å². The van der Waals surface area contributed by atoms with Gasteiger partial charge in [-0.05, 0) is 26.7 Å². The number of Topliss-reactive ketones (excluding diaryl/α,β-unsaturated/α-hetero) is 1. The van der Waals surface area contributed by atoms with Gasteiger partial charge in [-0.1, -0.05) is 12.2 Å². The number of hydrogen-bond donors (Lipinski definition) is 0. The van der Waals surface area contributed by atoms with Gasteiger partial charge in [0.1, 0.15) is 11.0 Å². The van der Waals surface area contributed by atoms with Crippen molar-refractivity contribution >= 4 is 34.9 Å². The normalized spacial score (nSPS) is 23.1. The van der Waals surface area contributed by atoms with Gasteiger partial charge < -0.3 is 4.74 Å². The maximum atomic E-state index is 12.5. The molecule has 0 bridgehead atoms. The quantitative estimate of drug-likeness (QED) is 0.403. The fourth-order valence-corrected chi connectivity index (χ4v) is 4.29. The van der Waals surface area contributed by atoms with Gasteiger partial charge in [0.2, 0.25) is 11.8 Å². The van der Waals surface area contributed by atoms with E-state index >= 15 is 0 Å². The molecule has 9 heteroatoms. The molecule has 2 heterocycles. The van der Waals surface area contributed by atoms with Crippen LogP contribution in [0, 0.1) is 30.1 Å². The molecule has 4 atom stereocenters. The number of carbonyl (C=O) groups excluding carboxylic acids is 4. The number of allylic oxidation sites excluding steroid dienone is 2. The number of thiazole rings is 1. The van der Waals surface area contributed by atoms with E-state index in [0.29, 0.717) is 23.5 Å². The maximum Gasteiger partial charge on any atom is 0.329 e. The van der Waals surface area contributed by atoms with Gasteiger partial charge in [-0.25, -0.2) is 9.78 Å². The molecule has 146 valence electrons. The van der Waals surface area contributed by atoms with Crippen molar-refractivity contribution in [1.82, 2.24) is 9.88 Å². The van der Waals surface area contributed by atoms with E-state index in [1.165, 1.54) is 18.3 Å². The second kappa shape index (κ2) is 8.02. The Kier molecular flexibility index (Phi) is 5.70. The Morgan fingerprint density at radius 2 is 1.93 bits per heavy atom. The van der Waals surface area contributed by atoms with Gasteiger partial charge in [-0.3, -0.25) is 19.3 Å². The van der Waals surface area contributed by atoms with Crippen LogP contribution in [-0.4, -0.2) is 46.1 Å². The summed E-state index contributed by atoms with van der Waals surface area (Å²) >= 11 is 1.19. The number of amides is 2. The molecule has 2 amide bonds. The third-order valence-corrected chi connectivity index (χ3v) is 5.99. The lowest BCUT2D eigenvalue weighted by molar-refractivity contribution is -0.159. The molecule has 3 rings (SSSR count). The standard InChI is InChI=1S/C19H19N3O5S/c1-10-9-28-16(21-10)14(7-20)15(23)8-27-19(26)11(2)22-17(24)12-5-3-4-6-13(12)18(22)25/h3-4,9,11-14H,5-6,8H2,1-2H3/t11-,12-,13+,14-/m0/s1. The molecule has 1 saturated heterocycles. The Hall–Kier alpha value is -2.86. The van der Waals surface area contributed by atoms with Crippen molar-refractivity contribution in [2.24, 2.45) is 11.8 Å². The number of imide groups is 1. The fourth-order valence-electron chi connectivity index (χ4n) is 3.43. The Morgan fingerprint density at radius 3 is 2.43 bits per heavy atom. The van der Waals surface area contributed by atoms with Crippen molar-refractivity contribution in [3.63, 3.8) is 0 Å². The molecule has 0 saturated carbocycles. The van der Waals surface area contributed by atoms with E-state index in [1.54, 1.807) is 12.3 Å². The van der Waals surface area contributed by atoms with Crippen LogP contribution in [0.5, 0.6) is 0 Å². The highest BCUT2D eigenvalue weighted by Crippen LogP contribution is 2.36. The zero-order valence-corrected chi connectivity index (χ0v) is 16.3. The zero-order chi connectivity index (χ0) is 20.4. The SMILES string of the molecule is Cc1csc([C@@H](C#N)C(=O)COC(=O)[C@H](C)N2C(=O)[C@H]3CC=CC[C@H]3C2=O)n1. The lowest BCUT2D eigenvalue weighted by atomic mass is 9.85. The first-order valence-corrected chi connectivity index (χ1v) is 9.76. The number of ketones is 1. The molecule has 0 radical (unpaired) electrons. The average molecular weight is 401 g/mol. The molecule has 0 spiro atoms. The van der Waals surface area contributed by atoms with E-state index in [-0.39, 0.29) is 11.8 Å². The van der Waals surface area contributed by atoms with Crippen LogP contribution in [0.25, 0.3) is 0 Å². The minimum atomic E-state index is -1.12. The molecule has 0 aromatic carbocycles. The molecule has 28 heavy (non-hydrogen) atoms. The summed E-state index contributed by atoms with van der Waals surface area (Å²) in [4.78, 5) is 54.7. The third-order valence-electron chi connectivity index (χ3n) is 4.96. The number of aryl methyl sites for hydroxylation is 1. The number of carbonyl (C=O) groups is 4. The van der Waals surface area contributed by atoms with E-state index in [0.717, 1.165) is 4.90 Å². The van der Waals surface area contributed by atoms with Gasteiger partial charge >= 0.3 is 5.97 Å². The highest BCUT2D eigenvalue weighted by atomic mass is 32.1. The number of aromatic nitrogens is 1. The Labute approximate surface area is 165 Å². The number of nitrogens with zero attached hydrogens (tertiary/aromatic N) is 3. The number of likely N-dealkylation sites (tertiary alicyclic amines) is 1. The molecule has 0 N–H and O–H groups in total. The second-order valence-corrected chi connectivity index (χ2v) is 7.73. The van der Waals surface area contributed by atoms with E-state index in [9.17, 15) is 24.4 Å². The number of nitriles is 1. The summed E-state index contributed by atoms with van der Waals surface area (Å²) in [5, 5.41) is 11.3. The van der Waals surface area contributed by atoms with Crippen LogP contribution in [0.3, 0.4) is 0 Å². The van der Waals surface area contributed by atoms with Gasteiger partial charge in [0, 0.05) is 11.1 Å². The molecule has 2 aliphatic rings. The molecule has 1 aromatic heterocycles. The summed E-state index contributed by atoms with van der Waals surface area (Å²) in [6.45, 7) is 2.53. The smallest absolute Gasteiger partial charge is 0.329 e. The first kappa shape index (κ1) is 19.9. The predicted molar refractivity (Wildman–Crippen MR) is 97.8 cm³/mol. The summed E-state index contributed by atoms with van der Waals surface area (Å²) < 4.78 is 5.01. The molecular formula is C19H19N3O5S. The van der Waals surface area contributed by atoms with Crippen LogP contribution in [0.15, 0.2) is 17.5 Å². The first-order valence-electron chi connectivity index (χ1n) is 8.88. The molecule has 1 fully saturated rings. The minimum Gasteiger partial charge on any atom is -0.456 e. The van der Waals surface area contributed by atoms with Crippen molar-refractivity contribution in [2.75, 3.05) is 6.61 Å². The molecule has 1 aliphatic heterocycles. The van der Waals surface area contributed by atoms with E-state index in [2.05, 4.69) is 4.98 Å². The Balaban J connectivity index is 1.61. The first-order chi connectivity index (χ1) is 13.3. The number of esters is 1. The van der Waals surface area contributed by atoms with Crippen LogP contribution < -0.4 is 0 Å². The highest BCUT2D eigenvalue weighted by Gasteiger charge is 2.50. The number of hydrogen-bond acceptors (Lipinski definition) is 8. The molecule has 8 nitrogen and oxygen atoms in total.